The molecule has 6 heterocycles. The zero-order valence-electron chi connectivity index (χ0n) is 42.0. The molecule has 20 heteroatoms. The Morgan fingerprint density at radius 2 is 1.20 bits per heavy atom. The zero-order valence-corrected chi connectivity index (χ0v) is 42.0. The van der Waals surface area contributed by atoms with Crippen LogP contribution in [-0.4, -0.2) is 85.4 Å². The minimum atomic E-state index is -0.410. The summed E-state index contributed by atoms with van der Waals surface area (Å²) in [7, 11) is 12.9. The molecule has 0 bridgehead atoms. The number of imide groups is 2. The van der Waals surface area contributed by atoms with Gasteiger partial charge in [-0.1, -0.05) is 26.0 Å². The van der Waals surface area contributed by atoms with Gasteiger partial charge in [-0.25, -0.2) is 14.2 Å². The van der Waals surface area contributed by atoms with Crippen LogP contribution in [0.25, 0.3) is 24.3 Å². The average molecular weight is 921 g/mol. The standard InChI is InChI=1S/C9H14N2O.C9H13NO2.C8H12N2O.C8H11NO2.C7H11NO2.C5H7N3O2/c1-6(2)8-9(12)11(5)7(3)10(8)4;1-5-6(2)8-9(11)10(4)7(3)12-8;1-5-6(2)8(11)10(4)9-7(5)3;1-5(2)6-4-7(10)9(3)8(6)11;1-5-3-6(9)8(2)7(10)4-5;1-7-4(9)3-6-8(2)5(7)10/h3H2,1-2,4-5H3;3,5H2,1-2,4H3;1-4H3;4H2,1-3H3;5H,3-4H2,1-2H3;3H,1-2H3. The number of piperidine rings is 1. The van der Waals surface area contributed by atoms with E-state index in [2.05, 4.69) is 23.4 Å². The van der Waals surface area contributed by atoms with Crippen LogP contribution in [0.5, 0.6) is 0 Å². The molecule has 4 amide bonds. The average Bonchev–Trinajstić information content (AvgIpc) is 3.76. The quantitative estimate of drug-likeness (QED) is 0.175. The fourth-order valence-electron chi connectivity index (χ4n) is 5.98. The second-order valence-corrected chi connectivity index (χ2v) is 16.5. The highest BCUT2D eigenvalue weighted by atomic mass is 16.4. The molecule has 4 aromatic heterocycles. The first-order valence-electron chi connectivity index (χ1n) is 20.9. The van der Waals surface area contributed by atoms with E-state index in [4.69, 9.17) is 4.42 Å². The monoisotopic (exact) mass is 921 g/mol. The number of aryl methyl sites for hydroxylation is 3. The number of aromatic nitrogens is 8. The summed E-state index contributed by atoms with van der Waals surface area (Å²) < 4.78 is 13.5. The van der Waals surface area contributed by atoms with Crippen molar-refractivity contribution in [2.45, 2.75) is 94.9 Å². The van der Waals surface area contributed by atoms with Gasteiger partial charge in [0.2, 0.25) is 17.7 Å². The predicted molar refractivity (Wildman–Crippen MR) is 254 cm³/mol. The van der Waals surface area contributed by atoms with E-state index < -0.39 is 5.69 Å². The van der Waals surface area contributed by atoms with Crippen LogP contribution in [0.15, 0.2) is 45.7 Å². The predicted octanol–water partition coefficient (Wildman–Crippen LogP) is -0.409. The van der Waals surface area contributed by atoms with E-state index in [1.807, 2.05) is 80.9 Å². The second kappa shape index (κ2) is 24.3. The molecule has 0 aromatic carbocycles. The van der Waals surface area contributed by atoms with E-state index in [-0.39, 0.29) is 58.2 Å². The molecule has 0 N–H and O–H groups in total. The third-order valence-electron chi connectivity index (χ3n) is 11.0. The normalized spacial score (nSPS) is 13.8. The van der Waals surface area contributed by atoms with Crippen molar-refractivity contribution in [2.24, 2.45) is 48.2 Å². The van der Waals surface area contributed by atoms with Gasteiger partial charge < -0.3 is 8.98 Å². The van der Waals surface area contributed by atoms with Crippen molar-refractivity contribution in [1.29, 1.82) is 0 Å². The lowest BCUT2D eigenvalue weighted by molar-refractivity contribution is -0.148. The smallest absolute Gasteiger partial charge is 0.346 e. The van der Waals surface area contributed by atoms with Crippen LogP contribution in [-0.2, 0) is 61.5 Å². The van der Waals surface area contributed by atoms with Crippen LogP contribution < -0.4 is 49.7 Å². The van der Waals surface area contributed by atoms with Gasteiger partial charge in [-0.2, -0.15) is 10.2 Å². The second-order valence-electron chi connectivity index (χ2n) is 16.5. The highest BCUT2D eigenvalue weighted by molar-refractivity contribution is 6.13. The van der Waals surface area contributed by atoms with E-state index in [0.717, 1.165) is 66.2 Å². The minimum Gasteiger partial charge on any atom is -0.436 e. The van der Waals surface area contributed by atoms with Crippen molar-refractivity contribution in [3.8, 4) is 0 Å². The molecule has 2 saturated heterocycles. The number of imidazole rings is 1. The number of amides is 4. The Kier molecular flexibility index (Phi) is 21.0. The Morgan fingerprint density at radius 1 is 0.667 bits per heavy atom. The molecule has 0 unspecified atom stereocenters. The van der Waals surface area contributed by atoms with Crippen molar-refractivity contribution in [3.05, 3.63) is 108 Å². The number of oxazole rings is 1. The van der Waals surface area contributed by atoms with Crippen LogP contribution in [0.3, 0.4) is 0 Å². The van der Waals surface area contributed by atoms with Gasteiger partial charge in [-0.15, -0.1) is 0 Å². The number of likely N-dealkylation sites (tertiary alicyclic amines) is 2. The summed E-state index contributed by atoms with van der Waals surface area (Å²) in [5, 5.41) is 8.29. The van der Waals surface area contributed by atoms with Gasteiger partial charge >= 0.3 is 5.69 Å². The third kappa shape index (κ3) is 14.3. The topological polar surface area (TPSA) is 229 Å². The maximum Gasteiger partial charge on any atom is 0.346 e. The molecule has 0 saturated carbocycles. The molecular formula is C46H68N10O10. The molecule has 0 aliphatic carbocycles. The first-order valence-corrected chi connectivity index (χ1v) is 20.9. The summed E-state index contributed by atoms with van der Waals surface area (Å²) in [5.74, 6) is -0.120. The Labute approximate surface area is 383 Å². The van der Waals surface area contributed by atoms with E-state index in [1.165, 1.54) is 47.2 Å². The molecule has 66 heavy (non-hydrogen) atoms. The van der Waals surface area contributed by atoms with Crippen LogP contribution in [0.4, 0.5) is 0 Å². The van der Waals surface area contributed by atoms with Crippen molar-refractivity contribution >= 4 is 47.9 Å². The first kappa shape index (κ1) is 57.0. The van der Waals surface area contributed by atoms with Gasteiger partial charge in [0.15, 0.2) is 11.0 Å². The maximum atomic E-state index is 11.5. The highest BCUT2D eigenvalue weighted by Crippen LogP contribution is 2.20. The lowest BCUT2D eigenvalue weighted by Crippen LogP contribution is -2.39. The van der Waals surface area contributed by atoms with E-state index in [1.54, 1.807) is 25.7 Å². The van der Waals surface area contributed by atoms with Crippen LogP contribution in [0.2, 0.25) is 0 Å². The Bertz CT molecular complexity index is 3040. The highest BCUT2D eigenvalue weighted by Gasteiger charge is 2.31. The summed E-state index contributed by atoms with van der Waals surface area (Å²) in [4.78, 5) is 102. The summed E-state index contributed by atoms with van der Waals surface area (Å²) in [6.07, 6.45) is 3.23. The number of hydrogen-bond acceptors (Lipinski definition) is 12. The summed E-state index contributed by atoms with van der Waals surface area (Å²) in [5.41, 5.74) is 6.98. The maximum absolute atomic E-state index is 11.5. The van der Waals surface area contributed by atoms with Crippen molar-refractivity contribution < 1.29 is 23.6 Å². The fraction of sp³-hybridized carbons (Fsp3) is 0.500. The Hall–Kier alpha value is -6.99. The minimum absolute atomic E-state index is 0.00639. The molecule has 362 valence electrons. The Morgan fingerprint density at radius 3 is 1.55 bits per heavy atom. The molecule has 6 rings (SSSR count). The number of rotatable bonds is 1. The number of hydrogen-bond donors (Lipinski definition) is 0. The van der Waals surface area contributed by atoms with Gasteiger partial charge in [0.25, 0.3) is 28.1 Å². The SMILES string of the molecule is C=c1n(C)c(=O)c(=C(C)C)n1C.C=c1oc(=C(C)CC)c(=O)n1C.CC(C)=C1CC(=O)N(C)C1=O.CC1CC(=O)N(C)C(=O)C1.Cc1nn(C)c(=O)c(C)c1C.Cn1ncc(=O)n(C)c1=O. The van der Waals surface area contributed by atoms with Crippen molar-refractivity contribution in [1.82, 2.24) is 47.6 Å². The van der Waals surface area contributed by atoms with E-state index >= 15 is 0 Å². The fourth-order valence-corrected chi connectivity index (χ4v) is 5.98. The Balaban J connectivity index is 0.000000397. The van der Waals surface area contributed by atoms with Gasteiger partial charge in [0.05, 0.1) is 12.1 Å². The number of nitrogens with zero attached hydrogens (tertiary/aromatic N) is 10. The van der Waals surface area contributed by atoms with Crippen LogP contribution >= 0.6 is 0 Å². The summed E-state index contributed by atoms with van der Waals surface area (Å²) >= 11 is 0. The molecule has 0 atom stereocenters. The molecule has 2 aliphatic heterocycles. The number of carbonyl (C=O) groups excluding carboxylic acids is 4. The molecule has 2 fully saturated rings. The largest absolute Gasteiger partial charge is 0.436 e. The van der Waals surface area contributed by atoms with Crippen LogP contribution in [0, 0.1) is 26.7 Å². The number of carbonyl (C=O) groups is 4. The molecule has 4 aromatic rings. The molecule has 20 nitrogen and oxygen atoms in total. The van der Waals surface area contributed by atoms with Crippen molar-refractivity contribution in [2.75, 3.05) is 14.1 Å². The molecular weight excluding hydrogens is 853 g/mol. The van der Waals surface area contributed by atoms with Gasteiger partial charge in [0.1, 0.15) is 17.0 Å². The zero-order chi connectivity index (χ0) is 51.4. The van der Waals surface area contributed by atoms with Crippen molar-refractivity contribution in [3.63, 3.8) is 0 Å². The van der Waals surface area contributed by atoms with Gasteiger partial charge in [-0.05, 0) is 91.0 Å². The molecule has 2 aliphatic rings. The van der Waals surface area contributed by atoms with Gasteiger partial charge in [-0.3, -0.25) is 61.9 Å². The number of allylic oxidation sites excluding steroid dienone is 1. The lowest BCUT2D eigenvalue weighted by Gasteiger charge is -2.24. The molecule has 0 radical (unpaired) electrons. The van der Waals surface area contributed by atoms with Gasteiger partial charge in [0, 0.05) is 80.4 Å². The van der Waals surface area contributed by atoms with E-state index in [0.29, 0.717) is 29.4 Å². The summed E-state index contributed by atoms with van der Waals surface area (Å²) in [6, 6.07) is 0. The van der Waals surface area contributed by atoms with E-state index in [9.17, 15) is 43.2 Å². The van der Waals surface area contributed by atoms with Crippen LogP contribution in [0.1, 0.15) is 91.0 Å². The number of likely N-dealkylation sites (N-methyl/N-ethyl adjacent to an activating group) is 1. The molecule has 0 spiro atoms. The lowest BCUT2D eigenvalue weighted by atomic mass is 9.98. The first-order chi connectivity index (χ1) is 30.3. The third-order valence-corrected chi connectivity index (χ3v) is 11.0. The summed E-state index contributed by atoms with van der Waals surface area (Å²) in [6.45, 7) is 26.4.